The van der Waals surface area contributed by atoms with E-state index >= 15 is 0 Å². The van der Waals surface area contributed by atoms with Crippen molar-refractivity contribution >= 4 is 0 Å². The van der Waals surface area contributed by atoms with Gasteiger partial charge in [-0.3, -0.25) is 0 Å². The van der Waals surface area contributed by atoms with E-state index in [2.05, 4.69) is 6.92 Å². The van der Waals surface area contributed by atoms with E-state index in [0.29, 0.717) is 12.2 Å². The minimum absolute atomic E-state index is 0.245. The van der Waals surface area contributed by atoms with Crippen LogP contribution in [0.15, 0.2) is 18.2 Å². The SMILES string of the molecule is CCCCCCCCCCCCOc1ccc(C#N)cc1F. The van der Waals surface area contributed by atoms with E-state index in [1.165, 1.54) is 63.5 Å². The first-order valence-corrected chi connectivity index (χ1v) is 8.60. The molecule has 0 atom stereocenters. The Hall–Kier alpha value is -1.56. The minimum Gasteiger partial charge on any atom is -0.491 e. The molecule has 0 radical (unpaired) electrons. The number of halogens is 1. The highest BCUT2D eigenvalue weighted by molar-refractivity contribution is 5.35. The molecule has 3 heteroatoms. The minimum atomic E-state index is -0.453. The molecule has 0 heterocycles. The molecule has 0 bridgehead atoms. The summed E-state index contributed by atoms with van der Waals surface area (Å²) in [6.07, 6.45) is 12.7. The van der Waals surface area contributed by atoms with E-state index in [1.54, 1.807) is 6.07 Å². The zero-order chi connectivity index (χ0) is 16.0. The average molecular weight is 305 g/mol. The molecular weight excluding hydrogens is 277 g/mol. The molecule has 0 N–H and O–H groups in total. The summed E-state index contributed by atoms with van der Waals surface area (Å²) in [6, 6.07) is 6.24. The third kappa shape index (κ3) is 8.02. The second-order valence-electron chi connectivity index (χ2n) is 5.79. The Kier molecular flexibility index (Phi) is 10.1. The maximum Gasteiger partial charge on any atom is 0.166 e. The Morgan fingerprint density at radius 2 is 1.55 bits per heavy atom. The Labute approximate surface area is 134 Å². The van der Waals surface area contributed by atoms with Gasteiger partial charge in [-0.25, -0.2) is 4.39 Å². The molecule has 0 spiro atoms. The quantitative estimate of drug-likeness (QED) is 0.444. The van der Waals surface area contributed by atoms with Crippen LogP contribution in [0.2, 0.25) is 0 Å². The maximum atomic E-state index is 13.6. The molecule has 0 amide bonds. The molecule has 122 valence electrons. The zero-order valence-electron chi connectivity index (χ0n) is 13.7. The fourth-order valence-corrected chi connectivity index (χ4v) is 2.46. The molecule has 0 unspecified atom stereocenters. The molecule has 0 fully saturated rings. The molecule has 0 aliphatic carbocycles. The first-order valence-electron chi connectivity index (χ1n) is 8.60. The predicted molar refractivity (Wildman–Crippen MR) is 88.5 cm³/mol. The number of hydrogen-bond donors (Lipinski definition) is 0. The second kappa shape index (κ2) is 12.0. The van der Waals surface area contributed by atoms with Gasteiger partial charge in [-0.2, -0.15) is 5.26 Å². The van der Waals surface area contributed by atoms with Gasteiger partial charge in [-0.15, -0.1) is 0 Å². The Balaban J connectivity index is 1.99. The fraction of sp³-hybridized carbons (Fsp3) is 0.632. The number of benzene rings is 1. The highest BCUT2D eigenvalue weighted by Gasteiger charge is 2.04. The molecule has 1 aromatic carbocycles. The Bertz CT molecular complexity index is 453. The van der Waals surface area contributed by atoms with E-state index < -0.39 is 5.82 Å². The van der Waals surface area contributed by atoms with Crippen LogP contribution in [0.25, 0.3) is 0 Å². The summed E-state index contributed by atoms with van der Waals surface area (Å²) < 4.78 is 19.0. The smallest absolute Gasteiger partial charge is 0.166 e. The summed E-state index contributed by atoms with van der Waals surface area (Å²) in [4.78, 5) is 0. The molecule has 22 heavy (non-hydrogen) atoms. The lowest BCUT2D eigenvalue weighted by molar-refractivity contribution is 0.290. The molecular formula is C19H28FNO. The average Bonchev–Trinajstić information content (AvgIpc) is 2.53. The molecule has 1 rings (SSSR count). The lowest BCUT2D eigenvalue weighted by Crippen LogP contribution is -1.99. The lowest BCUT2D eigenvalue weighted by Gasteiger charge is -2.07. The van der Waals surface area contributed by atoms with Gasteiger partial charge in [0.05, 0.1) is 18.2 Å². The first-order chi connectivity index (χ1) is 10.8. The summed E-state index contributed by atoms with van der Waals surface area (Å²) in [5.41, 5.74) is 0.323. The number of unbranched alkanes of at least 4 members (excludes halogenated alkanes) is 9. The van der Waals surface area contributed by atoms with Gasteiger partial charge < -0.3 is 4.74 Å². The topological polar surface area (TPSA) is 33.0 Å². The number of rotatable bonds is 12. The fourth-order valence-electron chi connectivity index (χ4n) is 2.46. The molecule has 0 aliphatic rings. The van der Waals surface area contributed by atoms with Crippen LogP contribution in [0.4, 0.5) is 4.39 Å². The number of hydrogen-bond acceptors (Lipinski definition) is 2. The van der Waals surface area contributed by atoms with Crippen molar-refractivity contribution in [3.05, 3.63) is 29.6 Å². The monoisotopic (exact) mass is 305 g/mol. The predicted octanol–water partition coefficient (Wildman–Crippen LogP) is 6.00. The standard InChI is InChI=1S/C19H28FNO/c1-2-3-4-5-6-7-8-9-10-11-14-22-19-13-12-17(16-21)15-18(19)20/h12-13,15H,2-11,14H2,1H3. The van der Waals surface area contributed by atoms with E-state index in [1.807, 2.05) is 6.07 Å². The first kappa shape index (κ1) is 18.5. The number of nitriles is 1. The largest absolute Gasteiger partial charge is 0.491 e. The van der Waals surface area contributed by atoms with Crippen molar-refractivity contribution in [1.29, 1.82) is 5.26 Å². The lowest BCUT2D eigenvalue weighted by atomic mass is 10.1. The van der Waals surface area contributed by atoms with Crippen molar-refractivity contribution in [2.24, 2.45) is 0 Å². The third-order valence-electron chi connectivity index (χ3n) is 3.82. The highest BCUT2D eigenvalue weighted by atomic mass is 19.1. The van der Waals surface area contributed by atoms with Gasteiger partial charge in [0.15, 0.2) is 11.6 Å². The van der Waals surface area contributed by atoms with E-state index in [9.17, 15) is 4.39 Å². The van der Waals surface area contributed by atoms with Crippen LogP contribution in [0.1, 0.15) is 76.7 Å². The van der Waals surface area contributed by atoms with E-state index in [-0.39, 0.29) is 5.75 Å². The van der Waals surface area contributed by atoms with Gasteiger partial charge in [-0.05, 0) is 24.6 Å². The van der Waals surface area contributed by atoms with Crippen LogP contribution < -0.4 is 4.74 Å². The summed E-state index contributed by atoms with van der Waals surface area (Å²) in [6.45, 7) is 2.78. The molecule has 0 aliphatic heterocycles. The van der Waals surface area contributed by atoms with Crippen molar-refractivity contribution in [1.82, 2.24) is 0 Å². The molecule has 0 saturated carbocycles. The van der Waals surface area contributed by atoms with E-state index in [0.717, 1.165) is 12.8 Å². The molecule has 0 saturated heterocycles. The summed E-state index contributed by atoms with van der Waals surface area (Å²) >= 11 is 0. The molecule has 0 aromatic heterocycles. The van der Waals surface area contributed by atoms with E-state index in [4.69, 9.17) is 10.00 Å². The van der Waals surface area contributed by atoms with Gasteiger partial charge >= 0.3 is 0 Å². The van der Waals surface area contributed by atoms with Gasteiger partial charge in [0.1, 0.15) is 0 Å². The maximum absolute atomic E-state index is 13.6. The van der Waals surface area contributed by atoms with Gasteiger partial charge in [-0.1, -0.05) is 64.7 Å². The van der Waals surface area contributed by atoms with Gasteiger partial charge in [0.25, 0.3) is 0 Å². The zero-order valence-corrected chi connectivity index (χ0v) is 13.7. The van der Waals surface area contributed by atoms with Crippen molar-refractivity contribution in [2.75, 3.05) is 6.61 Å². The summed E-state index contributed by atoms with van der Waals surface area (Å²) in [5, 5.41) is 8.67. The summed E-state index contributed by atoms with van der Waals surface area (Å²) in [7, 11) is 0. The Morgan fingerprint density at radius 1 is 0.955 bits per heavy atom. The molecule has 2 nitrogen and oxygen atoms in total. The van der Waals surface area contributed by atoms with Crippen molar-refractivity contribution < 1.29 is 9.13 Å². The van der Waals surface area contributed by atoms with Crippen LogP contribution in [-0.2, 0) is 0 Å². The van der Waals surface area contributed by atoms with Gasteiger partial charge in [0.2, 0.25) is 0 Å². The number of ether oxygens (including phenoxy) is 1. The van der Waals surface area contributed by atoms with Crippen LogP contribution in [0.3, 0.4) is 0 Å². The normalized spacial score (nSPS) is 10.4. The Morgan fingerprint density at radius 3 is 2.09 bits per heavy atom. The van der Waals surface area contributed by atoms with Crippen molar-refractivity contribution in [3.8, 4) is 11.8 Å². The van der Waals surface area contributed by atoms with Crippen LogP contribution >= 0.6 is 0 Å². The van der Waals surface area contributed by atoms with Crippen molar-refractivity contribution in [3.63, 3.8) is 0 Å². The molecule has 1 aromatic rings. The summed E-state index contributed by atoms with van der Waals surface area (Å²) in [5.74, 6) is -0.207. The van der Waals surface area contributed by atoms with Crippen LogP contribution in [0, 0.1) is 17.1 Å². The second-order valence-corrected chi connectivity index (χ2v) is 5.79. The van der Waals surface area contributed by atoms with Crippen molar-refractivity contribution in [2.45, 2.75) is 71.1 Å². The van der Waals surface area contributed by atoms with Crippen LogP contribution in [-0.4, -0.2) is 6.61 Å². The highest BCUT2D eigenvalue weighted by Crippen LogP contribution is 2.18. The van der Waals surface area contributed by atoms with Crippen LogP contribution in [0.5, 0.6) is 5.75 Å². The van der Waals surface area contributed by atoms with Gasteiger partial charge in [0, 0.05) is 0 Å². The third-order valence-corrected chi connectivity index (χ3v) is 3.82. The number of nitrogens with zero attached hydrogens (tertiary/aromatic N) is 1.